The zero-order valence-electron chi connectivity index (χ0n) is 16.9. The summed E-state index contributed by atoms with van der Waals surface area (Å²) in [5.74, 6) is 0.296. The minimum absolute atomic E-state index is 0.153. The van der Waals surface area contributed by atoms with Gasteiger partial charge in [0.05, 0.1) is 13.2 Å². The van der Waals surface area contributed by atoms with Crippen LogP contribution < -0.4 is 0 Å². The monoisotopic (exact) mass is 435 g/mol. The average molecular weight is 435 g/mol. The molecule has 3 heterocycles. The molecule has 8 nitrogen and oxygen atoms in total. The smallest absolute Gasteiger partial charge is 0.365 e. The number of morpholine rings is 1. The van der Waals surface area contributed by atoms with Crippen molar-refractivity contribution in [2.45, 2.75) is 32.7 Å². The minimum atomic E-state index is -4.56. The first-order chi connectivity index (χ1) is 14.7. The first-order valence-electron chi connectivity index (χ1n) is 9.63. The Bertz CT molecular complexity index is 1090. The summed E-state index contributed by atoms with van der Waals surface area (Å²) in [5, 5.41) is 7.52. The van der Waals surface area contributed by atoms with E-state index in [1.807, 2.05) is 31.2 Å². The molecule has 0 spiro atoms. The average Bonchev–Trinajstić information content (AvgIpc) is 3.36. The molecule has 3 aromatic rings. The van der Waals surface area contributed by atoms with Crippen molar-refractivity contribution >= 4 is 5.91 Å². The van der Waals surface area contributed by atoms with Gasteiger partial charge in [-0.05, 0) is 25.5 Å². The number of alkyl halides is 3. The molecule has 0 aliphatic carbocycles. The van der Waals surface area contributed by atoms with Gasteiger partial charge in [0.2, 0.25) is 11.7 Å². The third-order valence-corrected chi connectivity index (χ3v) is 5.08. The molecule has 11 heteroatoms. The Labute approximate surface area is 175 Å². The first-order valence-corrected chi connectivity index (χ1v) is 9.63. The van der Waals surface area contributed by atoms with Gasteiger partial charge in [-0.2, -0.15) is 23.3 Å². The zero-order chi connectivity index (χ0) is 22.2. The standard InChI is InChI=1S/C20H20F3N5O3/c1-12-5-3-4-6-14(12)18-24-19(31-26-18)15-10-27(7-8-30-15)17(29)11-28-13(2)9-16(25-28)20(21,22)23/h3-6,9,15H,7-8,10-11H2,1-2H3/t15-/m1/s1. The van der Waals surface area contributed by atoms with E-state index in [4.69, 9.17) is 9.26 Å². The number of halogens is 3. The van der Waals surface area contributed by atoms with Crippen molar-refractivity contribution in [3.05, 3.63) is 53.2 Å². The van der Waals surface area contributed by atoms with E-state index in [1.54, 1.807) is 0 Å². The number of aromatic nitrogens is 4. The van der Waals surface area contributed by atoms with Gasteiger partial charge in [0.15, 0.2) is 11.8 Å². The number of hydrogen-bond donors (Lipinski definition) is 0. The van der Waals surface area contributed by atoms with Crippen molar-refractivity contribution in [2.75, 3.05) is 19.7 Å². The lowest BCUT2D eigenvalue weighted by Gasteiger charge is -2.31. The summed E-state index contributed by atoms with van der Waals surface area (Å²) >= 11 is 0. The van der Waals surface area contributed by atoms with E-state index < -0.39 is 18.0 Å². The lowest BCUT2D eigenvalue weighted by Crippen LogP contribution is -2.44. The van der Waals surface area contributed by atoms with E-state index in [-0.39, 0.29) is 37.2 Å². The minimum Gasteiger partial charge on any atom is -0.365 e. The van der Waals surface area contributed by atoms with E-state index in [1.165, 1.54) is 11.8 Å². The van der Waals surface area contributed by atoms with Gasteiger partial charge in [0.25, 0.3) is 5.89 Å². The molecule has 0 bridgehead atoms. The largest absolute Gasteiger partial charge is 0.435 e. The fraction of sp³-hybridized carbons (Fsp3) is 0.400. The second-order valence-corrected chi connectivity index (χ2v) is 7.30. The number of hydrogen-bond acceptors (Lipinski definition) is 6. The molecule has 1 saturated heterocycles. The van der Waals surface area contributed by atoms with E-state index in [2.05, 4.69) is 15.2 Å². The molecule has 0 radical (unpaired) electrons. The summed E-state index contributed by atoms with van der Waals surface area (Å²) in [5.41, 5.74) is 1.05. The maximum Gasteiger partial charge on any atom is 0.435 e. The second-order valence-electron chi connectivity index (χ2n) is 7.30. The van der Waals surface area contributed by atoms with Crippen LogP contribution in [0.2, 0.25) is 0 Å². The summed E-state index contributed by atoms with van der Waals surface area (Å²) in [6.45, 7) is 3.81. The Morgan fingerprint density at radius 2 is 2.03 bits per heavy atom. The topological polar surface area (TPSA) is 86.3 Å². The number of carbonyl (C=O) groups excluding carboxylic acids is 1. The van der Waals surface area contributed by atoms with Crippen molar-refractivity contribution in [1.82, 2.24) is 24.8 Å². The van der Waals surface area contributed by atoms with Crippen molar-refractivity contribution in [2.24, 2.45) is 0 Å². The Morgan fingerprint density at radius 1 is 1.26 bits per heavy atom. The lowest BCUT2D eigenvalue weighted by molar-refractivity contribution is -0.143. The molecule has 1 amide bonds. The van der Waals surface area contributed by atoms with Crippen LogP contribution in [0.15, 0.2) is 34.9 Å². The highest BCUT2D eigenvalue weighted by Crippen LogP contribution is 2.29. The van der Waals surface area contributed by atoms with E-state index in [0.717, 1.165) is 21.9 Å². The highest BCUT2D eigenvalue weighted by molar-refractivity contribution is 5.76. The van der Waals surface area contributed by atoms with E-state index in [0.29, 0.717) is 12.4 Å². The van der Waals surface area contributed by atoms with Gasteiger partial charge in [0.1, 0.15) is 6.54 Å². The predicted octanol–water partition coefficient (Wildman–Crippen LogP) is 3.17. The Balaban J connectivity index is 1.45. The number of aryl methyl sites for hydroxylation is 2. The Morgan fingerprint density at radius 3 is 2.74 bits per heavy atom. The summed E-state index contributed by atoms with van der Waals surface area (Å²) in [4.78, 5) is 18.6. The van der Waals surface area contributed by atoms with Crippen molar-refractivity contribution in [1.29, 1.82) is 0 Å². The number of ether oxygens (including phenoxy) is 1. The first kappa shape index (κ1) is 21.0. The molecule has 1 aliphatic heterocycles. The summed E-state index contributed by atoms with van der Waals surface area (Å²) in [6.07, 6.45) is -5.18. The van der Waals surface area contributed by atoms with Gasteiger partial charge in [-0.3, -0.25) is 9.48 Å². The second kappa shape index (κ2) is 8.14. The van der Waals surface area contributed by atoms with Crippen molar-refractivity contribution in [3.8, 4) is 11.4 Å². The molecule has 0 unspecified atom stereocenters. The molecular weight excluding hydrogens is 415 g/mol. The van der Waals surface area contributed by atoms with Crippen LogP contribution in [0.3, 0.4) is 0 Å². The third-order valence-electron chi connectivity index (χ3n) is 5.08. The predicted molar refractivity (Wildman–Crippen MR) is 102 cm³/mol. The Kier molecular flexibility index (Phi) is 5.52. The molecule has 1 aliphatic rings. The van der Waals surface area contributed by atoms with Crippen molar-refractivity contribution in [3.63, 3.8) is 0 Å². The fourth-order valence-electron chi connectivity index (χ4n) is 3.36. The zero-order valence-corrected chi connectivity index (χ0v) is 16.9. The molecule has 1 aromatic carbocycles. The van der Waals surface area contributed by atoms with Crippen LogP contribution in [0.25, 0.3) is 11.4 Å². The third kappa shape index (κ3) is 4.46. The lowest BCUT2D eigenvalue weighted by atomic mass is 10.1. The van der Waals surface area contributed by atoms with Crippen molar-refractivity contribution < 1.29 is 27.2 Å². The molecule has 164 valence electrons. The molecule has 4 rings (SSSR count). The van der Waals surface area contributed by atoms with Crippen LogP contribution in [-0.4, -0.2) is 50.4 Å². The van der Waals surface area contributed by atoms with Gasteiger partial charge in [0, 0.05) is 17.8 Å². The van der Waals surface area contributed by atoms with Gasteiger partial charge < -0.3 is 14.2 Å². The molecular formula is C20H20F3N5O3. The van der Waals surface area contributed by atoms with E-state index >= 15 is 0 Å². The van der Waals surface area contributed by atoms with Crippen LogP contribution in [-0.2, 0) is 22.3 Å². The number of nitrogens with zero attached hydrogens (tertiary/aromatic N) is 5. The van der Waals surface area contributed by atoms with Gasteiger partial charge in [-0.1, -0.05) is 29.4 Å². The molecule has 0 N–H and O–H groups in total. The molecule has 1 fully saturated rings. The number of rotatable bonds is 4. The molecule has 31 heavy (non-hydrogen) atoms. The normalized spacial score (nSPS) is 17.2. The highest BCUT2D eigenvalue weighted by Gasteiger charge is 2.35. The molecule has 0 saturated carbocycles. The summed E-state index contributed by atoms with van der Waals surface area (Å²) in [6, 6.07) is 8.51. The van der Waals surface area contributed by atoms with Crippen LogP contribution in [0.5, 0.6) is 0 Å². The van der Waals surface area contributed by atoms with Gasteiger partial charge in [-0.15, -0.1) is 0 Å². The number of carbonyl (C=O) groups is 1. The SMILES string of the molecule is Cc1ccccc1-c1noc([C@H]2CN(C(=O)Cn3nc(C(F)(F)F)cc3C)CCO2)n1. The van der Waals surface area contributed by atoms with Gasteiger partial charge in [-0.25, -0.2) is 0 Å². The number of benzene rings is 1. The highest BCUT2D eigenvalue weighted by atomic mass is 19.4. The number of amides is 1. The quantitative estimate of drug-likeness (QED) is 0.626. The maximum atomic E-state index is 12.9. The molecule has 2 aromatic heterocycles. The molecule has 1 atom stereocenters. The van der Waals surface area contributed by atoms with Crippen LogP contribution >= 0.6 is 0 Å². The fourth-order valence-corrected chi connectivity index (χ4v) is 3.36. The summed E-state index contributed by atoms with van der Waals surface area (Å²) < 4.78 is 50.6. The summed E-state index contributed by atoms with van der Waals surface area (Å²) in [7, 11) is 0. The van der Waals surface area contributed by atoms with Crippen LogP contribution in [0.1, 0.15) is 28.9 Å². The Hall–Kier alpha value is -3.21. The van der Waals surface area contributed by atoms with Gasteiger partial charge >= 0.3 is 6.18 Å². The maximum absolute atomic E-state index is 12.9. The van der Waals surface area contributed by atoms with E-state index in [9.17, 15) is 18.0 Å². The van der Waals surface area contributed by atoms with Crippen LogP contribution in [0, 0.1) is 13.8 Å². The van der Waals surface area contributed by atoms with Crippen LogP contribution in [0.4, 0.5) is 13.2 Å².